The van der Waals surface area contributed by atoms with Crippen molar-refractivity contribution < 1.29 is 14.3 Å². The summed E-state index contributed by atoms with van der Waals surface area (Å²) in [5.41, 5.74) is 1.96. The number of carbonyl (C=O) groups excluding carboxylic acids is 2. The standard InChI is InChI=1S/C22H18N4O4/c23-10-9-14-3-6-16(7-4-14)24-20(27)13-30-22(29)15-5-8-17-18(12-15)25-19-2-1-11-26(19)21(17)28/h3-8,12H,1-2,9,11,13H2,(H,24,27). The molecule has 0 saturated carbocycles. The van der Waals surface area contributed by atoms with Crippen molar-refractivity contribution >= 4 is 28.5 Å². The van der Waals surface area contributed by atoms with Crippen molar-refractivity contribution in [3.63, 3.8) is 0 Å². The first-order valence-electron chi connectivity index (χ1n) is 9.51. The van der Waals surface area contributed by atoms with Crippen LogP contribution >= 0.6 is 0 Å². The molecule has 0 atom stereocenters. The van der Waals surface area contributed by atoms with Gasteiger partial charge in [-0.25, -0.2) is 9.78 Å². The van der Waals surface area contributed by atoms with Gasteiger partial charge >= 0.3 is 5.97 Å². The highest BCUT2D eigenvalue weighted by atomic mass is 16.5. The summed E-state index contributed by atoms with van der Waals surface area (Å²) in [6.45, 7) is 0.216. The number of nitrogens with zero attached hydrogens (tertiary/aromatic N) is 3. The van der Waals surface area contributed by atoms with Gasteiger partial charge in [0.05, 0.1) is 29.0 Å². The van der Waals surface area contributed by atoms with Crippen molar-refractivity contribution in [3.8, 4) is 6.07 Å². The molecule has 0 spiro atoms. The number of fused-ring (bicyclic) bond motifs is 2. The number of aryl methyl sites for hydroxylation is 1. The molecule has 0 fully saturated rings. The van der Waals surface area contributed by atoms with Gasteiger partial charge in [-0.15, -0.1) is 0 Å². The smallest absolute Gasteiger partial charge is 0.338 e. The minimum Gasteiger partial charge on any atom is -0.452 e. The van der Waals surface area contributed by atoms with Crippen LogP contribution in [0.2, 0.25) is 0 Å². The molecule has 1 aliphatic rings. The van der Waals surface area contributed by atoms with Crippen LogP contribution in [0.25, 0.3) is 10.9 Å². The third-order valence-corrected chi connectivity index (χ3v) is 4.91. The highest BCUT2D eigenvalue weighted by Crippen LogP contribution is 2.17. The minimum absolute atomic E-state index is 0.104. The lowest BCUT2D eigenvalue weighted by Crippen LogP contribution is -2.22. The Hall–Kier alpha value is -3.99. The second kappa shape index (κ2) is 8.17. The largest absolute Gasteiger partial charge is 0.452 e. The summed E-state index contributed by atoms with van der Waals surface area (Å²) < 4.78 is 6.76. The summed E-state index contributed by atoms with van der Waals surface area (Å²) in [6, 6.07) is 13.5. The Morgan fingerprint density at radius 3 is 2.77 bits per heavy atom. The molecule has 8 heteroatoms. The predicted octanol–water partition coefficient (Wildman–Crippen LogP) is 2.20. The molecular weight excluding hydrogens is 384 g/mol. The average molecular weight is 402 g/mol. The lowest BCUT2D eigenvalue weighted by Gasteiger charge is -2.08. The zero-order valence-corrected chi connectivity index (χ0v) is 16.1. The van der Waals surface area contributed by atoms with Crippen molar-refractivity contribution in [2.75, 3.05) is 11.9 Å². The normalized spacial score (nSPS) is 12.2. The van der Waals surface area contributed by atoms with E-state index in [4.69, 9.17) is 10.00 Å². The molecule has 0 saturated heterocycles. The van der Waals surface area contributed by atoms with Crippen molar-refractivity contribution in [2.24, 2.45) is 0 Å². The average Bonchev–Trinajstić information content (AvgIpc) is 3.22. The van der Waals surface area contributed by atoms with Crippen LogP contribution in [0.5, 0.6) is 0 Å². The molecule has 2 heterocycles. The molecule has 8 nitrogen and oxygen atoms in total. The minimum atomic E-state index is -0.668. The monoisotopic (exact) mass is 402 g/mol. The van der Waals surface area contributed by atoms with Crippen molar-refractivity contribution in [1.29, 1.82) is 5.26 Å². The van der Waals surface area contributed by atoms with Crippen LogP contribution in [0.15, 0.2) is 47.3 Å². The molecule has 3 aromatic rings. The van der Waals surface area contributed by atoms with Crippen molar-refractivity contribution in [2.45, 2.75) is 25.8 Å². The molecule has 1 N–H and O–H groups in total. The topological polar surface area (TPSA) is 114 Å². The predicted molar refractivity (Wildman–Crippen MR) is 109 cm³/mol. The fourth-order valence-electron chi connectivity index (χ4n) is 3.42. The molecule has 2 aromatic carbocycles. The van der Waals surface area contributed by atoms with Gasteiger partial charge in [-0.2, -0.15) is 5.26 Å². The molecule has 4 rings (SSSR count). The van der Waals surface area contributed by atoms with Gasteiger partial charge in [-0.1, -0.05) is 12.1 Å². The van der Waals surface area contributed by atoms with E-state index in [9.17, 15) is 14.4 Å². The number of benzene rings is 2. The number of rotatable bonds is 5. The van der Waals surface area contributed by atoms with E-state index in [1.165, 1.54) is 12.1 Å². The number of amides is 1. The van der Waals surface area contributed by atoms with Crippen molar-refractivity contribution in [3.05, 3.63) is 69.8 Å². The Balaban J connectivity index is 1.40. The molecule has 0 bridgehead atoms. The number of anilines is 1. The summed E-state index contributed by atoms with van der Waals surface area (Å²) in [5.74, 6) is -0.427. The second-order valence-electron chi connectivity index (χ2n) is 6.98. The van der Waals surface area contributed by atoms with E-state index < -0.39 is 18.5 Å². The van der Waals surface area contributed by atoms with Crippen LogP contribution in [-0.4, -0.2) is 28.0 Å². The first kappa shape index (κ1) is 19.3. The van der Waals surface area contributed by atoms with Gasteiger partial charge in [0.15, 0.2) is 6.61 Å². The summed E-state index contributed by atoms with van der Waals surface area (Å²) in [5, 5.41) is 11.8. The van der Waals surface area contributed by atoms with Gasteiger partial charge < -0.3 is 10.1 Å². The zero-order chi connectivity index (χ0) is 21.1. The highest BCUT2D eigenvalue weighted by molar-refractivity contribution is 5.97. The quantitative estimate of drug-likeness (QED) is 0.655. The summed E-state index contributed by atoms with van der Waals surface area (Å²) >= 11 is 0. The van der Waals surface area contributed by atoms with Gasteiger partial charge in [0.1, 0.15) is 5.82 Å². The first-order chi connectivity index (χ1) is 14.5. The SMILES string of the molecule is N#CCc1ccc(NC(=O)COC(=O)c2ccc3c(=O)n4c(nc3c2)CCC4)cc1. The lowest BCUT2D eigenvalue weighted by molar-refractivity contribution is -0.119. The molecule has 0 radical (unpaired) electrons. The van der Waals surface area contributed by atoms with Crippen LogP contribution in [0.3, 0.4) is 0 Å². The van der Waals surface area contributed by atoms with Crippen molar-refractivity contribution in [1.82, 2.24) is 9.55 Å². The second-order valence-corrected chi connectivity index (χ2v) is 6.98. The lowest BCUT2D eigenvalue weighted by atomic mass is 10.1. The van der Waals surface area contributed by atoms with Gasteiger partial charge in [0.2, 0.25) is 0 Å². The number of esters is 1. The van der Waals surface area contributed by atoms with Gasteiger partial charge in [-0.05, 0) is 42.3 Å². The van der Waals surface area contributed by atoms with E-state index in [1.807, 2.05) is 0 Å². The number of hydrogen-bond donors (Lipinski definition) is 1. The summed E-state index contributed by atoms with van der Waals surface area (Å²) in [6.07, 6.45) is 1.91. The Labute approximate surface area is 171 Å². The van der Waals surface area contributed by atoms with Crippen LogP contribution in [-0.2, 0) is 28.9 Å². The van der Waals surface area contributed by atoms with E-state index in [-0.39, 0.29) is 11.1 Å². The number of nitrogens with one attached hydrogen (secondary N) is 1. The molecular formula is C22H18N4O4. The molecule has 30 heavy (non-hydrogen) atoms. The van der Waals surface area contributed by atoms with Gasteiger partial charge in [0, 0.05) is 18.7 Å². The third-order valence-electron chi connectivity index (χ3n) is 4.91. The van der Waals surface area contributed by atoms with E-state index in [2.05, 4.69) is 16.4 Å². The molecule has 1 aromatic heterocycles. The maximum absolute atomic E-state index is 12.5. The molecule has 0 unspecified atom stereocenters. The maximum atomic E-state index is 12.5. The Morgan fingerprint density at radius 1 is 1.20 bits per heavy atom. The Bertz CT molecular complexity index is 1240. The molecule has 1 aliphatic heterocycles. The van der Waals surface area contributed by atoms with E-state index >= 15 is 0 Å². The number of carbonyl (C=O) groups is 2. The Kier molecular flexibility index (Phi) is 5.26. The maximum Gasteiger partial charge on any atom is 0.338 e. The number of aromatic nitrogens is 2. The van der Waals surface area contributed by atoms with Gasteiger partial charge in [-0.3, -0.25) is 14.2 Å². The number of ether oxygens (including phenoxy) is 1. The van der Waals surface area contributed by atoms with E-state index in [0.29, 0.717) is 29.6 Å². The van der Waals surface area contributed by atoms with Crippen LogP contribution in [0.1, 0.15) is 28.2 Å². The fraction of sp³-hybridized carbons (Fsp3) is 0.227. The first-order valence-corrected chi connectivity index (χ1v) is 9.51. The molecule has 1 amide bonds. The number of nitriles is 1. The Morgan fingerprint density at radius 2 is 2.00 bits per heavy atom. The summed E-state index contributed by atoms with van der Waals surface area (Å²) in [4.78, 5) is 41.4. The molecule has 0 aliphatic carbocycles. The number of hydrogen-bond acceptors (Lipinski definition) is 6. The summed E-state index contributed by atoms with van der Waals surface area (Å²) in [7, 11) is 0. The molecule has 150 valence electrons. The van der Waals surface area contributed by atoms with E-state index in [0.717, 1.165) is 24.2 Å². The zero-order valence-electron chi connectivity index (χ0n) is 16.1. The fourth-order valence-corrected chi connectivity index (χ4v) is 3.42. The van der Waals surface area contributed by atoms with Gasteiger partial charge in [0.25, 0.3) is 11.5 Å². The van der Waals surface area contributed by atoms with Crippen LogP contribution in [0, 0.1) is 11.3 Å². The van der Waals surface area contributed by atoms with Crippen LogP contribution in [0.4, 0.5) is 5.69 Å². The third kappa shape index (κ3) is 3.91. The van der Waals surface area contributed by atoms with E-state index in [1.54, 1.807) is 34.9 Å². The van der Waals surface area contributed by atoms with Crippen LogP contribution < -0.4 is 10.9 Å². The highest BCUT2D eigenvalue weighted by Gasteiger charge is 2.18.